The van der Waals surface area contributed by atoms with Crippen molar-refractivity contribution >= 4 is 34.1 Å². The number of piperidine rings is 1. The smallest absolute Gasteiger partial charge is 0.255 e. The number of amides is 2. The van der Waals surface area contributed by atoms with Crippen LogP contribution < -0.4 is 15.5 Å². The van der Waals surface area contributed by atoms with E-state index in [2.05, 4.69) is 20.1 Å². The number of aliphatic hydroxyl groups excluding tert-OH is 1. The molecule has 2 aliphatic rings. The molecule has 0 bridgehead atoms. The van der Waals surface area contributed by atoms with Gasteiger partial charge in [-0.1, -0.05) is 0 Å². The van der Waals surface area contributed by atoms with E-state index in [0.29, 0.717) is 17.2 Å². The topological polar surface area (TPSA) is 86.6 Å². The number of carbonyl (C=O) groups is 2. The average molecular weight is 495 g/mol. The molecule has 0 atom stereocenters. The molecule has 6 rings (SSSR count). The van der Waals surface area contributed by atoms with E-state index in [-0.39, 0.29) is 17.9 Å². The summed E-state index contributed by atoms with van der Waals surface area (Å²) in [5.74, 6) is -0.174. The van der Waals surface area contributed by atoms with Gasteiger partial charge in [-0.05, 0) is 98.5 Å². The summed E-state index contributed by atoms with van der Waals surface area (Å²) in [6, 6.07) is 23.5. The lowest BCUT2D eigenvalue weighted by Crippen LogP contribution is -2.35. The van der Waals surface area contributed by atoms with E-state index in [9.17, 15) is 14.7 Å². The molecule has 0 radical (unpaired) electrons. The average Bonchev–Trinajstić information content (AvgIpc) is 3.64. The lowest BCUT2D eigenvalue weighted by atomic mass is 10.1. The van der Waals surface area contributed by atoms with E-state index in [0.717, 1.165) is 66.7 Å². The molecule has 2 amide bonds. The third kappa shape index (κ3) is 5.08. The molecule has 0 unspecified atom stereocenters. The Balaban J connectivity index is 1.13. The van der Waals surface area contributed by atoms with E-state index in [1.165, 1.54) is 0 Å². The van der Waals surface area contributed by atoms with E-state index in [1.54, 1.807) is 0 Å². The van der Waals surface area contributed by atoms with Crippen LogP contribution in [-0.2, 0) is 0 Å². The Morgan fingerprint density at radius 1 is 0.757 bits per heavy atom. The highest BCUT2D eigenvalue weighted by Gasteiger charge is 2.23. The molecule has 0 spiro atoms. The second-order valence-corrected chi connectivity index (χ2v) is 9.97. The van der Waals surface area contributed by atoms with Gasteiger partial charge >= 0.3 is 0 Å². The number of benzene rings is 3. The number of fused-ring (bicyclic) bond motifs is 1. The van der Waals surface area contributed by atoms with Crippen LogP contribution in [0.25, 0.3) is 16.6 Å². The molecular weight excluding hydrogens is 464 g/mol. The molecule has 1 saturated heterocycles. The third-order valence-electron chi connectivity index (χ3n) is 7.23. The molecule has 1 aromatic heterocycles. The summed E-state index contributed by atoms with van der Waals surface area (Å²) in [4.78, 5) is 27.4. The number of aromatic nitrogens is 1. The standard InChI is InChI=1S/C30H30N4O3/c35-27-14-16-33(17-15-27)25-8-1-20(2-9-25)30(37)32-24-7-12-28-22(19-24)13-18-34(28)26-10-3-21(4-11-26)29(36)31-23-5-6-23/h1-4,7-13,18-19,23,27,35H,5-6,14-17H2,(H,31,36)(H,32,37). The van der Waals surface area contributed by atoms with Crippen molar-refractivity contribution in [2.45, 2.75) is 37.8 Å². The van der Waals surface area contributed by atoms with Gasteiger partial charge in [-0.15, -0.1) is 0 Å². The monoisotopic (exact) mass is 494 g/mol. The Hall–Kier alpha value is -4.10. The molecule has 7 heteroatoms. The number of anilines is 2. The summed E-state index contributed by atoms with van der Waals surface area (Å²) < 4.78 is 2.07. The molecule has 3 aromatic carbocycles. The molecule has 1 saturated carbocycles. The predicted octanol–water partition coefficient (Wildman–Crippen LogP) is 4.74. The summed E-state index contributed by atoms with van der Waals surface area (Å²) in [6.07, 6.45) is 5.47. The van der Waals surface area contributed by atoms with Gasteiger partial charge in [0, 0.05) is 58.9 Å². The summed E-state index contributed by atoms with van der Waals surface area (Å²) in [6.45, 7) is 1.65. The first kappa shape index (κ1) is 23.3. The summed E-state index contributed by atoms with van der Waals surface area (Å²) >= 11 is 0. The fourth-order valence-corrected chi connectivity index (χ4v) is 4.87. The van der Waals surface area contributed by atoms with Crippen molar-refractivity contribution in [3.63, 3.8) is 0 Å². The number of hydrogen-bond acceptors (Lipinski definition) is 4. The van der Waals surface area contributed by atoms with Gasteiger partial charge in [0.15, 0.2) is 0 Å². The Morgan fingerprint density at radius 2 is 1.41 bits per heavy atom. The Morgan fingerprint density at radius 3 is 2.08 bits per heavy atom. The van der Waals surface area contributed by atoms with Gasteiger partial charge in [0.2, 0.25) is 0 Å². The van der Waals surface area contributed by atoms with Crippen LogP contribution in [-0.4, -0.2) is 46.7 Å². The van der Waals surface area contributed by atoms with Crippen molar-refractivity contribution in [2.75, 3.05) is 23.3 Å². The van der Waals surface area contributed by atoms with E-state index in [4.69, 9.17) is 0 Å². The third-order valence-corrected chi connectivity index (χ3v) is 7.23. The number of nitrogens with zero attached hydrogens (tertiary/aromatic N) is 2. The molecular formula is C30H30N4O3. The van der Waals surface area contributed by atoms with Gasteiger partial charge in [-0.25, -0.2) is 0 Å². The van der Waals surface area contributed by atoms with Gasteiger partial charge in [0.25, 0.3) is 11.8 Å². The van der Waals surface area contributed by atoms with Crippen molar-refractivity contribution in [3.05, 3.63) is 90.1 Å². The number of hydrogen-bond donors (Lipinski definition) is 3. The van der Waals surface area contributed by atoms with Crippen LogP contribution in [0, 0.1) is 0 Å². The highest BCUT2D eigenvalue weighted by molar-refractivity contribution is 6.05. The SMILES string of the molecule is O=C(Nc1ccc2c(ccn2-c2ccc(C(=O)NC3CC3)cc2)c1)c1ccc(N2CCC(O)CC2)cc1. The molecule has 2 fully saturated rings. The van der Waals surface area contributed by atoms with Gasteiger partial charge < -0.3 is 25.2 Å². The fraction of sp³-hybridized carbons (Fsp3) is 0.267. The molecule has 188 valence electrons. The highest BCUT2D eigenvalue weighted by Crippen LogP contribution is 2.26. The maximum atomic E-state index is 12.9. The minimum Gasteiger partial charge on any atom is -0.393 e. The molecule has 7 nitrogen and oxygen atoms in total. The molecule has 1 aliphatic heterocycles. The summed E-state index contributed by atoms with van der Waals surface area (Å²) in [5.41, 5.74) is 5.06. The van der Waals surface area contributed by atoms with Crippen molar-refractivity contribution in [3.8, 4) is 5.69 Å². The molecule has 2 heterocycles. The second-order valence-electron chi connectivity index (χ2n) is 9.97. The number of rotatable bonds is 6. The van der Waals surface area contributed by atoms with Crippen LogP contribution in [0.5, 0.6) is 0 Å². The van der Waals surface area contributed by atoms with Gasteiger partial charge in [-0.2, -0.15) is 0 Å². The number of carbonyl (C=O) groups excluding carboxylic acids is 2. The normalized spacial score (nSPS) is 16.1. The Bertz CT molecular complexity index is 1430. The Labute approximate surface area is 215 Å². The second kappa shape index (κ2) is 9.75. The molecule has 4 aromatic rings. The summed E-state index contributed by atoms with van der Waals surface area (Å²) in [7, 11) is 0. The van der Waals surface area contributed by atoms with Crippen molar-refractivity contribution in [2.24, 2.45) is 0 Å². The minimum atomic E-state index is -0.207. The first-order valence-corrected chi connectivity index (χ1v) is 12.9. The van der Waals surface area contributed by atoms with Crippen LogP contribution in [0.15, 0.2) is 79.0 Å². The predicted molar refractivity (Wildman–Crippen MR) is 146 cm³/mol. The van der Waals surface area contributed by atoms with Gasteiger partial charge in [-0.3, -0.25) is 9.59 Å². The van der Waals surface area contributed by atoms with Crippen LogP contribution >= 0.6 is 0 Å². The first-order valence-electron chi connectivity index (χ1n) is 12.9. The first-order chi connectivity index (χ1) is 18.0. The van der Waals surface area contributed by atoms with Crippen LogP contribution in [0.4, 0.5) is 11.4 Å². The largest absolute Gasteiger partial charge is 0.393 e. The molecule has 37 heavy (non-hydrogen) atoms. The lowest BCUT2D eigenvalue weighted by Gasteiger charge is -2.31. The highest BCUT2D eigenvalue weighted by atomic mass is 16.3. The minimum absolute atomic E-state index is 0.0206. The fourth-order valence-electron chi connectivity index (χ4n) is 4.87. The molecule has 1 aliphatic carbocycles. The van der Waals surface area contributed by atoms with Gasteiger partial charge in [0.05, 0.1) is 11.6 Å². The van der Waals surface area contributed by atoms with Crippen molar-refractivity contribution < 1.29 is 14.7 Å². The van der Waals surface area contributed by atoms with Gasteiger partial charge in [0.1, 0.15) is 0 Å². The van der Waals surface area contributed by atoms with E-state index >= 15 is 0 Å². The zero-order valence-electron chi connectivity index (χ0n) is 20.6. The maximum absolute atomic E-state index is 12.9. The van der Waals surface area contributed by atoms with E-state index in [1.807, 2.05) is 79.0 Å². The van der Waals surface area contributed by atoms with Crippen LogP contribution in [0.3, 0.4) is 0 Å². The zero-order chi connectivity index (χ0) is 25.4. The summed E-state index contributed by atoms with van der Waals surface area (Å²) in [5, 5.41) is 16.7. The van der Waals surface area contributed by atoms with E-state index < -0.39 is 0 Å². The van der Waals surface area contributed by atoms with Crippen molar-refractivity contribution in [1.29, 1.82) is 0 Å². The quantitative estimate of drug-likeness (QED) is 0.362. The van der Waals surface area contributed by atoms with Crippen LogP contribution in [0.2, 0.25) is 0 Å². The maximum Gasteiger partial charge on any atom is 0.255 e. The molecule has 3 N–H and O–H groups in total. The van der Waals surface area contributed by atoms with Crippen LogP contribution in [0.1, 0.15) is 46.4 Å². The lowest BCUT2D eigenvalue weighted by molar-refractivity contribution is 0.0950. The number of aliphatic hydroxyl groups is 1. The Kier molecular flexibility index (Phi) is 6.14. The zero-order valence-corrected chi connectivity index (χ0v) is 20.6. The number of nitrogens with one attached hydrogen (secondary N) is 2. The van der Waals surface area contributed by atoms with Crippen molar-refractivity contribution in [1.82, 2.24) is 9.88 Å².